The van der Waals surface area contributed by atoms with Crippen molar-refractivity contribution in [1.82, 2.24) is 10.6 Å². The minimum absolute atomic E-state index is 0.0218. The number of benzene rings is 1. The molecule has 0 aromatic heterocycles. The molecule has 0 radical (unpaired) electrons. The topological polar surface area (TPSA) is 78.4 Å². The quantitative estimate of drug-likeness (QED) is 0.688. The van der Waals surface area contributed by atoms with Gasteiger partial charge in [-0.05, 0) is 31.4 Å². The van der Waals surface area contributed by atoms with Crippen LogP contribution in [0.15, 0.2) is 30.3 Å². The van der Waals surface area contributed by atoms with Gasteiger partial charge in [0.1, 0.15) is 5.60 Å². The Morgan fingerprint density at radius 3 is 2.27 bits per heavy atom. The van der Waals surface area contributed by atoms with E-state index in [0.717, 1.165) is 0 Å². The zero-order valence-electron chi connectivity index (χ0n) is 11.9. The summed E-state index contributed by atoms with van der Waals surface area (Å²) >= 11 is 0. The molecule has 120 valence electrons. The van der Waals surface area contributed by atoms with Crippen molar-refractivity contribution in [3.63, 3.8) is 0 Å². The number of amides is 2. The van der Waals surface area contributed by atoms with E-state index >= 15 is 0 Å². The summed E-state index contributed by atoms with van der Waals surface area (Å²) in [5.41, 5.74) is -1.78. The number of carbonyl (C=O) groups is 2. The molecule has 2 rings (SSSR count). The highest BCUT2D eigenvalue weighted by atomic mass is 19.3. The second-order valence-electron chi connectivity index (χ2n) is 5.34. The normalized spacial score (nSPS) is 16.5. The summed E-state index contributed by atoms with van der Waals surface area (Å²) in [6, 6.07) is 8.42. The Morgan fingerprint density at radius 1 is 1.14 bits per heavy atom. The molecular weight excluding hydrogens is 294 g/mol. The van der Waals surface area contributed by atoms with Gasteiger partial charge in [0.2, 0.25) is 0 Å². The third-order valence-electron chi connectivity index (χ3n) is 3.78. The lowest BCUT2D eigenvalue weighted by molar-refractivity contribution is -0.215. The molecule has 0 aliphatic heterocycles. The minimum atomic E-state index is -3.81. The molecule has 1 aromatic carbocycles. The smallest absolute Gasteiger partial charge is 0.352 e. The zero-order chi connectivity index (χ0) is 16.2. The summed E-state index contributed by atoms with van der Waals surface area (Å²) in [5.74, 6) is -5.67. The Labute approximate surface area is 126 Å². The largest absolute Gasteiger partial charge is 0.383 e. The van der Waals surface area contributed by atoms with Gasteiger partial charge in [0.05, 0.1) is 0 Å². The fraction of sp³-hybridized carbons (Fsp3) is 0.467. The van der Waals surface area contributed by atoms with Crippen LogP contribution >= 0.6 is 0 Å². The molecule has 0 heterocycles. The molecule has 0 spiro atoms. The SMILES string of the molecule is O=C(NCCNC(=O)C(F)(F)C1(O)CCC1)c1ccccc1. The van der Waals surface area contributed by atoms with E-state index in [1.807, 2.05) is 5.32 Å². The predicted octanol–water partition coefficient (Wildman–Crippen LogP) is 1.08. The lowest BCUT2D eigenvalue weighted by Gasteiger charge is -2.41. The van der Waals surface area contributed by atoms with Crippen molar-refractivity contribution in [3.8, 4) is 0 Å². The van der Waals surface area contributed by atoms with Gasteiger partial charge in [-0.15, -0.1) is 0 Å². The van der Waals surface area contributed by atoms with Crippen LogP contribution in [0, 0.1) is 0 Å². The first-order valence-corrected chi connectivity index (χ1v) is 7.08. The van der Waals surface area contributed by atoms with Crippen LogP contribution in [0.1, 0.15) is 29.6 Å². The average molecular weight is 312 g/mol. The van der Waals surface area contributed by atoms with Crippen LogP contribution in [0.5, 0.6) is 0 Å². The molecule has 1 aromatic rings. The third kappa shape index (κ3) is 3.24. The molecule has 1 saturated carbocycles. The monoisotopic (exact) mass is 312 g/mol. The highest BCUT2D eigenvalue weighted by Gasteiger charge is 2.60. The van der Waals surface area contributed by atoms with Gasteiger partial charge < -0.3 is 15.7 Å². The van der Waals surface area contributed by atoms with Gasteiger partial charge in [-0.2, -0.15) is 8.78 Å². The van der Waals surface area contributed by atoms with Crippen molar-refractivity contribution in [2.24, 2.45) is 0 Å². The molecule has 0 saturated heterocycles. The second kappa shape index (κ2) is 6.39. The first kappa shape index (κ1) is 16.4. The van der Waals surface area contributed by atoms with Crippen molar-refractivity contribution in [1.29, 1.82) is 0 Å². The lowest BCUT2D eigenvalue weighted by atomic mass is 9.75. The number of hydrogen-bond acceptors (Lipinski definition) is 3. The lowest BCUT2D eigenvalue weighted by Crippen LogP contribution is -2.61. The van der Waals surface area contributed by atoms with Gasteiger partial charge in [0, 0.05) is 18.7 Å². The van der Waals surface area contributed by atoms with Gasteiger partial charge in [0.15, 0.2) is 0 Å². The van der Waals surface area contributed by atoms with E-state index in [1.165, 1.54) is 0 Å². The molecule has 22 heavy (non-hydrogen) atoms. The molecular formula is C15H18F2N2O3. The summed E-state index contributed by atoms with van der Waals surface area (Å²) in [6.07, 6.45) is 0.308. The van der Waals surface area contributed by atoms with Crippen LogP contribution < -0.4 is 10.6 Å². The molecule has 0 bridgehead atoms. The summed E-state index contributed by atoms with van der Waals surface area (Å²) in [5, 5.41) is 14.2. The Bertz CT molecular complexity index is 545. The number of hydrogen-bond donors (Lipinski definition) is 3. The first-order chi connectivity index (χ1) is 10.4. The number of aliphatic hydroxyl groups is 1. The second-order valence-corrected chi connectivity index (χ2v) is 5.34. The van der Waals surface area contributed by atoms with Crippen LogP contribution in [0.3, 0.4) is 0 Å². The first-order valence-electron chi connectivity index (χ1n) is 7.08. The van der Waals surface area contributed by atoms with Crippen LogP contribution in [-0.2, 0) is 4.79 Å². The highest BCUT2D eigenvalue weighted by molar-refractivity contribution is 5.94. The van der Waals surface area contributed by atoms with Crippen molar-refractivity contribution >= 4 is 11.8 Å². The van der Waals surface area contributed by atoms with Gasteiger partial charge in [-0.3, -0.25) is 9.59 Å². The molecule has 3 N–H and O–H groups in total. The summed E-state index contributed by atoms with van der Waals surface area (Å²) < 4.78 is 27.5. The zero-order valence-corrected chi connectivity index (χ0v) is 11.9. The maximum atomic E-state index is 13.7. The van der Waals surface area contributed by atoms with Gasteiger partial charge in [0.25, 0.3) is 11.8 Å². The van der Waals surface area contributed by atoms with E-state index in [2.05, 4.69) is 5.32 Å². The van der Waals surface area contributed by atoms with Crippen molar-refractivity contribution < 1.29 is 23.5 Å². The number of rotatable bonds is 6. The van der Waals surface area contributed by atoms with E-state index in [1.54, 1.807) is 30.3 Å². The standard InChI is InChI=1S/C15H18F2N2O3/c16-15(17,14(22)7-4-8-14)13(21)19-10-9-18-12(20)11-5-2-1-3-6-11/h1-3,5-6,22H,4,7-10H2,(H,18,20)(H,19,21). The van der Waals surface area contributed by atoms with Crippen molar-refractivity contribution in [3.05, 3.63) is 35.9 Å². The van der Waals surface area contributed by atoms with Crippen LogP contribution in [0.2, 0.25) is 0 Å². The highest BCUT2D eigenvalue weighted by Crippen LogP contribution is 2.44. The van der Waals surface area contributed by atoms with Crippen molar-refractivity contribution in [2.45, 2.75) is 30.8 Å². The van der Waals surface area contributed by atoms with E-state index < -0.39 is 17.4 Å². The molecule has 5 nitrogen and oxygen atoms in total. The Morgan fingerprint density at radius 2 is 1.73 bits per heavy atom. The summed E-state index contributed by atoms with van der Waals surface area (Å²) in [4.78, 5) is 23.2. The molecule has 7 heteroatoms. The molecule has 1 aliphatic rings. The predicted molar refractivity (Wildman–Crippen MR) is 75.5 cm³/mol. The Kier molecular flexibility index (Phi) is 4.75. The minimum Gasteiger partial charge on any atom is -0.383 e. The third-order valence-corrected chi connectivity index (χ3v) is 3.78. The summed E-state index contributed by atoms with van der Waals surface area (Å²) in [7, 11) is 0. The molecule has 2 amide bonds. The Balaban J connectivity index is 1.75. The number of nitrogens with one attached hydrogen (secondary N) is 2. The van der Waals surface area contributed by atoms with Gasteiger partial charge in [-0.25, -0.2) is 0 Å². The number of alkyl halides is 2. The van der Waals surface area contributed by atoms with E-state index in [9.17, 15) is 23.5 Å². The summed E-state index contributed by atoms with van der Waals surface area (Å²) in [6.45, 7) is -0.114. The van der Waals surface area contributed by atoms with Crippen LogP contribution in [0.4, 0.5) is 8.78 Å². The average Bonchev–Trinajstić information content (AvgIpc) is 2.49. The molecule has 1 aliphatic carbocycles. The van der Waals surface area contributed by atoms with Crippen LogP contribution in [0.25, 0.3) is 0 Å². The molecule has 1 fully saturated rings. The van der Waals surface area contributed by atoms with E-state index in [4.69, 9.17) is 0 Å². The fourth-order valence-electron chi connectivity index (χ4n) is 2.19. The fourth-order valence-corrected chi connectivity index (χ4v) is 2.19. The molecule has 0 unspecified atom stereocenters. The molecule has 0 atom stereocenters. The maximum absolute atomic E-state index is 13.7. The maximum Gasteiger partial charge on any atom is 0.352 e. The number of halogens is 2. The van der Waals surface area contributed by atoms with E-state index in [-0.39, 0.29) is 31.8 Å². The van der Waals surface area contributed by atoms with Crippen molar-refractivity contribution in [2.75, 3.05) is 13.1 Å². The Hall–Kier alpha value is -2.02. The number of carbonyl (C=O) groups excluding carboxylic acids is 2. The van der Waals surface area contributed by atoms with Gasteiger partial charge >= 0.3 is 5.92 Å². The van der Waals surface area contributed by atoms with Crippen LogP contribution in [-0.4, -0.2) is 41.5 Å². The van der Waals surface area contributed by atoms with Gasteiger partial charge in [-0.1, -0.05) is 18.2 Å². The van der Waals surface area contributed by atoms with E-state index in [0.29, 0.717) is 12.0 Å².